The molecule has 25 heavy (non-hydrogen) atoms. The maximum absolute atomic E-state index is 12.9. The van der Waals surface area contributed by atoms with Crippen molar-refractivity contribution in [1.29, 1.82) is 0 Å². The molecule has 0 spiro atoms. The Labute approximate surface area is 152 Å². The Morgan fingerprint density at radius 3 is 2.76 bits per heavy atom. The van der Waals surface area contributed by atoms with Crippen LogP contribution in [0.15, 0.2) is 35.5 Å². The zero-order valence-corrected chi connectivity index (χ0v) is 15.2. The smallest absolute Gasteiger partial charge is 0.338 e. The molecular weight excluding hydrogens is 340 g/mol. The molecule has 1 aromatic rings. The van der Waals surface area contributed by atoms with Crippen molar-refractivity contribution < 1.29 is 14.3 Å². The van der Waals surface area contributed by atoms with E-state index in [0.717, 1.165) is 19.3 Å². The van der Waals surface area contributed by atoms with Gasteiger partial charge in [-0.2, -0.15) is 0 Å². The zero-order valence-electron chi connectivity index (χ0n) is 14.5. The van der Waals surface area contributed by atoms with Crippen LogP contribution in [0.5, 0.6) is 0 Å². The van der Waals surface area contributed by atoms with E-state index in [1.807, 2.05) is 18.2 Å². The number of carbonyl (C=O) groups is 2. The minimum Gasteiger partial charge on any atom is -0.459 e. The lowest BCUT2D eigenvalue weighted by molar-refractivity contribution is -0.146. The van der Waals surface area contributed by atoms with Crippen molar-refractivity contribution in [2.75, 3.05) is 0 Å². The van der Waals surface area contributed by atoms with Crippen LogP contribution < -0.4 is 10.6 Å². The topological polar surface area (TPSA) is 67.4 Å². The molecule has 0 bridgehead atoms. The molecule has 2 aliphatic rings. The van der Waals surface area contributed by atoms with Gasteiger partial charge in [0, 0.05) is 10.7 Å². The van der Waals surface area contributed by atoms with Crippen LogP contribution in [0, 0.1) is 5.92 Å². The summed E-state index contributed by atoms with van der Waals surface area (Å²) in [5, 5.41) is 5.95. The van der Waals surface area contributed by atoms with Crippen LogP contribution in [0.4, 0.5) is 4.79 Å². The predicted octanol–water partition coefficient (Wildman–Crippen LogP) is 4.09. The molecular formula is C19H23ClN2O3. The largest absolute Gasteiger partial charge is 0.459 e. The second-order valence-corrected chi connectivity index (χ2v) is 7.30. The van der Waals surface area contributed by atoms with E-state index in [-0.39, 0.29) is 12.1 Å². The molecule has 6 heteroatoms. The second kappa shape index (κ2) is 7.48. The number of allylic oxidation sites excluding steroid dienone is 1. The van der Waals surface area contributed by atoms with Crippen molar-refractivity contribution in [3.8, 4) is 0 Å². The predicted molar refractivity (Wildman–Crippen MR) is 96.1 cm³/mol. The molecule has 0 aromatic heterocycles. The molecule has 134 valence electrons. The lowest BCUT2D eigenvalue weighted by Crippen LogP contribution is -2.45. The van der Waals surface area contributed by atoms with E-state index in [1.165, 1.54) is 6.42 Å². The molecule has 5 nitrogen and oxygen atoms in total. The van der Waals surface area contributed by atoms with Crippen LogP contribution in [0.2, 0.25) is 5.02 Å². The van der Waals surface area contributed by atoms with Gasteiger partial charge in [-0.05, 0) is 43.7 Å². The highest BCUT2D eigenvalue weighted by Crippen LogP contribution is 2.33. The van der Waals surface area contributed by atoms with Gasteiger partial charge in [0.15, 0.2) is 0 Å². The molecule has 2 amide bonds. The van der Waals surface area contributed by atoms with Crippen molar-refractivity contribution in [3.63, 3.8) is 0 Å². The normalized spacial score (nSPS) is 26.7. The summed E-state index contributed by atoms with van der Waals surface area (Å²) in [7, 11) is 0. The van der Waals surface area contributed by atoms with E-state index in [1.54, 1.807) is 13.0 Å². The summed E-state index contributed by atoms with van der Waals surface area (Å²) < 4.78 is 5.77. The van der Waals surface area contributed by atoms with E-state index in [0.29, 0.717) is 27.8 Å². The van der Waals surface area contributed by atoms with E-state index in [4.69, 9.17) is 16.3 Å². The number of hydrogen-bond donors (Lipinski definition) is 2. The average Bonchev–Trinajstić information content (AvgIpc) is 2.54. The molecule has 3 atom stereocenters. The number of hydrogen-bond acceptors (Lipinski definition) is 3. The molecule has 3 rings (SSSR count). The number of halogens is 1. The maximum atomic E-state index is 12.9. The third-order valence-electron chi connectivity index (χ3n) is 4.87. The van der Waals surface area contributed by atoms with Crippen LogP contribution in [0.25, 0.3) is 0 Å². The van der Waals surface area contributed by atoms with Gasteiger partial charge in [0.05, 0.1) is 11.6 Å². The Balaban J connectivity index is 1.87. The highest BCUT2D eigenvalue weighted by Gasteiger charge is 2.34. The number of benzene rings is 1. The first-order valence-electron chi connectivity index (χ1n) is 8.69. The van der Waals surface area contributed by atoms with Gasteiger partial charge in [-0.15, -0.1) is 0 Å². The number of urea groups is 1. The highest BCUT2D eigenvalue weighted by molar-refractivity contribution is 6.31. The van der Waals surface area contributed by atoms with E-state index < -0.39 is 12.0 Å². The van der Waals surface area contributed by atoms with E-state index >= 15 is 0 Å². The van der Waals surface area contributed by atoms with Gasteiger partial charge in [-0.1, -0.05) is 43.1 Å². The van der Waals surface area contributed by atoms with Gasteiger partial charge in [0.1, 0.15) is 6.10 Å². The van der Waals surface area contributed by atoms with Gasteiger partial charge < -0.3 is 15.4 Å². The SMILES string of the molecule is CC1=C(C(=O)OC2CCCC(C)C2)C(c2ccccc2Cl)NC(=O)N1. The first kappa shape index (κ1) is 17.8. The number of rotatable bonds is 3. The quantitative estimate of drug-likeness (QED) is 0.796. The van der Waals surface area contributed by atoms with Crippen LogP contribution in [-0.2, 0) is 9.53 Å². The monoisotopic (exact) mass is 362 g/mol. The summed E-state index contributed by atoms with van der Waals surface area (Å²) in [5.41, 5.74) is 1.59. The molecule has 1 heterocycles. The molecule has 1 fully saturated rings. The zero-order chi connectivity index (χ0) is 18.0. The summed E-state index contributed by atoms with van der Waals surface area (Å²) in [5.74, 6) is 0.166. The van der Waals surface area contributed by atoms with Gasteiger partial charge >= 0.3 is 12.0 Å². The van der Waals surface area contributed by atoms with Crippen molar-refractivity contribution in [3.05, 3.63) is 46.1 Å². The second-order valence-electron chi connectivity index (χ2n) is 6.89. The van der Waals surface area contributed by atoms with Gasteiger partial charge in [-0.25, -0.2) is 9.59 Å². The molecule has 0 radical (unpaired) electrons. The average molecular weight is 363 g/mol. The number of ether oxygens (including phenoxy) is 1. The molecule has 1 aliphatic carbocycles. The standard InChI is InChI=1S/C19H23ClN2O3/c1-11-6-5-7-13(10-11)25-18(23)16-12(2)21-19(24)22-17(16)14-8-3-4-9-15(14)20/h3-4,8-9,11,13,17H,5-7,10H2,1-2H3,(H2,21,22,24). The fourth-order valence-corrected chi connectivity index (χ4v) is 3.85. The fraction of sp³-hybridized carbons (Fsp3) is 0.474. The van der Waals surface area contributed by atoms with E-state index in [9.17, 15) is 9.59 Å². The summed E-state index contributed by atoms with van der Waals surface area (Å²) in [4.78, 5) is 24.8. The minimum atomic E-state index is -0.615. The maximum Gasteiger partial charge on any atom is 0.338 e. The lowest BCUT2D eigenvalue weighted by Gasteiger charge is -2.31. The van der Waals surface area contributed by atoms with Gasteiger partial charge in [0.2, 0.25) is 0 Å². The Morgan fingerprint density at radius 1 is 1.28 bits per heavy atom. The third kappa shape index (κ3) is 3.98. The number of nitrogens with one attached hydrogen (secondary N) is 2. The number of carbonyl (C=O) groups excluding carboxylic acids is 2. The van der Waals surface area contributed by atoms with Crippen LogP contribution in [0.3, 0.4) is 0 Å². The molecule has 1 aliphatic heterocycles. The van der Waals surface area contributed by atoms with Crippen molar-refractivity contribution >= 4 is 23.6 Å². The number of amides is 2. The lowest BCUT2D eigenvalue weighted by atomic mass is 9.88. The molecule has 2 N–H and O–H groups in total. The van der Waals surface area contributed by atoms with Crippen LogP contribution in [-0.4, -0.2) is 18.1 Å². The Hall–Kier alpha value is -2.01. The van der Waals surface area contributed by atoms with Crippen LogP contribution >= 0.6 is 11.6 Å². The Kier molecular flexibility index (Phi) is 5.33. The summed E-state index contributed by atoms with van der Waals surface area (Å²) in [6, 6.07) is 6.22. The van der Waals surface area contributed by atoms with Gasteiger partial charge in [0.25, 0.3) is 0 Å². The Bertz CT molecular complexity index is 716. The molecule has 1 aromatic carbocycles. The first-order valence-corrected chi connectivity index (χ1v) is 9.07. The molecule has 1 saturated carbocycles. The van der Waals surface area contributed by atoms with Gasteiger partial charge in [-0.3, -0.25) is 0 Å². The first-order chi connectivity index (χ1) is 12.0. The summed E-state index contributed by atoms with van der Waals surface area (Å²) in [6.07, 6.45) is 3.95. The highest BCUT2D eigenvalue weighted by atomic mass is 35.5. The third-order valence-corrected chi connectivity index (χ3v) is 5.21. The van der Waals surface area contributed by atoms with Crippen molar-refractivity contribution in [1.82, 2.24) is 10.6 Å². The minimum absolute atomic E-state index is 0.0685. The van der Waals surface area contributed by atoms with Crippen LogP contribution in [0.1, 0.15) is 51.1 Å². The molecule has 0 saturated heterocycles. The van der Waals surface area contributed by atoms with E-state index in [2.05, 4.69) is 17.6 Å². The summed E-state index contributed by atoms with van der Waals surface area (Å²) in [6.45, 7) is 3.89. The van der Waals surface area contributed by atoms with Crippen molar-refractivity contribution in [2.24, 2.45) is 5.92 Å². The Morgan fingerprint density at radius 2 is 2.04 bits per heavy atom. The molecule has 3 unspecified atom stereocenters. The summed E-state index contributed by atoms with van der Waals surface area (Å²) >= 11 is 6.29. The number of esters is 1. The van der Waals surface area contributed by atoms with Crippen molar-refractivity contribution in [2.45, 2.75) is 51.7 Å². The fourth-order valence-electron chi connectivity index (χ4n) is 3.61.